The molecule has 382 valence electrons. The standard InChI is InChI=1S/C58H98NO7P/c1-6-8-10-12-14-16-18-20-22-24-26-28-30-31-33-35-37-39-41-43-45-47-49-51-58(60)66-57(56-65-67(61,62)64-54-52-59(3,4)5)55-63-53-50-48-46-44-42-40-38-36-34-32-29-27-25-23-21-19-17-15-13-11-9-7-2/h8-11,14-17,20-23,26-29,31,33-34,36,57H,6-7,12-13,18-19,24-25,30,32,35,37-56H2,1-5H3/p+1/b10-8-,11-9-,16-14-,17-15-,22-20-,23-21-,28-26-,29-27-,33-31-,36-34-. The molecule has 2 unspecified atom stereocenters. The van der Waals surface area contributed by atoms with Gasteiger partial charge < -0.3 is 18.9 Å². The van der Waals surface area contributed by atoms with Crippen molar-refractivity contribution in [3.63, 3.8) is 0 Å². The fourth-order valence-electron chi connectivity index (χ4n) is 6.55. The molecule has 0 heterocycles. The predicted octanol–water partition coefficient (Wildman–Crippen LogP) is 16.5. The average molecular weight is 953 g/mol. The zero-order valence-corrected chi connectivity index (χ0v) is 44.2. The molecular weight excluding hydrogens is 854 g/mol. The maximum atomic E-state index is 12.8. The van der Waals surface area contributed by atoms with Gasteiger partial charge in [0.05, 0.1) is 34.4 Å². The number of nitrogens with zero attached hydrogens (tertiary/aromatic N) is 1. The van der Waals surface area contributed by atoms with Gasteiger partial charge in [-0.3, -0.25) is 13.8 Å². The summed E-state index contributed by atoms with van der Waals surface area (Å²) >= 11 is 0. The molecule has 0 aliphatic carbocycles. The minimum absolute atomic E-state index is 0.0753. The topological polar surface area (TPSA) is 91.3 Å². The smallest absolute Gasteiger partial charge is 0.457 e. The van der Waals surface area contributed by atoms with Crippen LogP contribution < -0.4 is 0 Å². The molecule has 8 nitrogen and oxygen atoms in total. The van der Waals surface area contributed by atoms with Crippen molar-refractivity contribution in [2.45, 2.75) is 187 Å². The number of rotatable bonds is 47. The molecule has 0 radical (unpaired) electrons. The lowest BCUT2D eigenvalue weighted by Crippen LogP contribution is -2.37. The third kappa shape index (κ3) is 53.7. The van der Waals surface area contributed by atoms with E-state index in [-0.39, 0.29) is 25.8 Å². The molecule has 0 bridgehead atoms. The van der Waals surface area contributed by atoms with E-state index in [4.69, 9.17) is 18.5 Å². The Hall–Kier alpha value is -3.10. The number of phosphoric ester groups is 1. The third-order valence-electron chi connectivity index (χ3n) is 10.5. The zero-order valence-electron chi connectivity index (χ0n) is 43.3. The molecule has 0 aromatic heterocycles. The summed E-state index contributed by atoms with van der Waals surface area (Å²) in [4.78, 5) is 23.0. The van der Waals surface area contributed by atoms with Crippen molar-refractivity contribution in [2.24, 2.45) is 0 Å². The molecule has 0 spiro atoms. The summed E-state index contributed by atoms with van der Waals surface area (Å²) in [6.45, 7) is 5.32. The van der Waals surface area contributed by atoms with Gasteiger partial charge in [-0.15, -0.1) is 0 Å². The number of hydrogen-bond acceptors (Lipinski definition) is 6. The van der Waals surface area contributed by atoms with E-state index in [2.05, 4.69) is 135 Å². The second kappa shape index (κ2) is 49.3. The summed E-state index contributed by atoms with van der Waals surface area (Å²) in [5, 5.41) is 0. The Morgan fingerprint density at radius 2 is 0.821 bits per heavy atom. The van der Waals surface area contributed by atoms with E-state index >= 15 is 0 Å². The van der Waals surface area contributed by atoms with Crippen LogP contribution in [0.1, 0.15) is 181 Å². The average Bonchev–Trinajstić information content (AvgIpc) is 3.29. The van der Waals surface area contributed by atoms with Crippen LogP contribution in [0.25, 0.3) is 0 Å². The molecule has 0 aliphatic rings. The molecule has 2 atom stereocenters. The van der Waals surface area contributed by atoms with E-state index in [1.54, 1.807) is 0 Å². The quantitative estimate of drug-likeness (QED) is 0.0214. The van der Waals surface area contributed by atoms with Gasteiger partial charge in [-0.05, 0) is 103 Å². The van der Waals surface area contributed by atoms with Crippen LogP contribution in [0.5, 0.6) is 0 Å². The van der Waals surface area contributed by atoms with Gasteiger partial charge in [0, 0.05) is 13.0 Å². The molecule has 0 rings (SSSR count). The Kier molecular flexibility index (Phi) is 47.0. The maximum Gasteiger partial charge on any atom is 0.472 e. The number of phosphoric acid groups is 1. The fraction of sp³-hybridized carbons (Fsp3) is 0.638. The zero-order chi connectivity index (χ0) is 49.0. The van der Waals surface area contributed by atoms with Gasteiger partial charge in [0.1, 0.15) is 19.3 Å². The number of allylic oxidation sites excluding steroid dienone is 20. The monoisotopic (exact) mass is 953 g/mol. The highest BCUT2D eigenvalue weighted by Crippen LogP contribution is 2.43. The van der Waals surface area contributed by atoms with E-state index in [0.717, 1.165) is 122 Å². The van der Waals surface area contributed by atoms with Crippen molar-refractivity contribution in [3.05, 3.63) is 122 Å². The van der Waals surface area contributed by atoms with Gasteiger partial charge in [0.15, 0.2) is 0 Å². The lowest BCUT2D eigenvalue weighted by Gasteiger charge is -2.24. The van der Waals surface area contributed by atoms with Crippen molar-refractivity contribution in [3.8, 4) is 0 Å². The first kappa shape index (κ1) is 63.9. The number of hydrogen-bond donors (Lipinski definition) is 1. The van der Waals surface area contributed by atoms with Gasteiger partial charge in [-0.25, -0.2) is 4.57 Å². The largest absolute Gasteiger partial charge is 0.472 e. The van der Waals surface area contributed by atoms with Crippen molar-refractivity contribution >= 4 is 13.8 Å². The molecule has 0 aromatic rings. The van der Waals surface area contributed by atoms with Crippen molar-refractivity contribution in [1.82, 2.24) is 0 Å². The van der Waals surface area contributed by atoms with Crippen LogP contribution >= 0.6 is 7.82 Å². The first-order chi connectivity index (χ1) is 32.6. The molecule has 0 saturated heterocycles. The third-order valence-corrected chi connectivity index (χ3v) is 11.5. The minimum atomic E-state index is -4.30. The number of esters is 1. The highest BCUT2D eigenvalue weighted by atomic mass is 31.2. The number of quaternary nitrogens is 1. The first-order valence-corrected chi connectivity index (χ1v) is 27.8. The van der Waals surface area contributed by atoms with Crippen LogP contribution in [0.3, 0.4) is 0 Å². The highest BCUT2D eigenvalue weighted by molar-refractivity contribution is 7.47. The van der Waals surface area contributed by atoms with Crippen LogP contribution in [-0.2, 0) is 27.9 Å². The number of carbonyl (C=O) groups is 1. The summed E-state index contributed by atoms with van der Waals surface area (Å²) in [7, 11) is 1.63. The number of carbonyl (C=O) groups excluding carboxylic acids is 1. The second-order valence-electron chi connectivity index (χ2n) is 18.1. The summed E-state index contributed by atoms with van der Waals surface area (Å²) in [6, 6.07) is 0. The first-order valence-electron chi connectivity index (χ1n) is 26.3. The van der Waals surface area contributed by atoms with Gasteiger partial charge in [-0.2, -0.15) is 0 Å². The van der Waals surface area contributed by atoms with E-state index in [0.29, 0.717) is 24.1 Å². The Morgan fingerprint density at radius 3 is 1.22 bits per heavy atom. The molecule has 0 aliphatic heterocycles. The Morgan fingerprint density at radius 1 is 0.463 bits per heavy atom. The summed E-state index contributed by atoms with van der Waals surface area (Å²) in [6.07, 6.45) is 71.0. The van der Waals surface area contributed by atoms with E-state index in [9.17, 15) is 14.3 Å². The van der Waals surface area contributed by atoms with E-state index < -0.39 is 13.9 Å². The summed E-state index contributed by atoms with van der Waals surface area (Å²) < 4.78 is 35.2. The SMILES string of the molecule is CC/C=C\C/C=C\C/C=C\C/C=C\C/C=C\CCCCCCCCCC(=O)OC(COCCCCCCCC/C=C\C/C=C\C/C=C\C/C=C\C/C=C\CC)COP(=O)(O)OCC[N+](C)(C)C. The Bertz CT molecular complexity index is 1480. The number of unbranched alkanes of at least 4 members (excludes halogenated alkanes) is 13. The number of ether oxygens (including phenoxy) is 2. The molecule has 9 heteroatoms. The van der Waals surface area contributed by atoms with Crippen molar-refractivity contribution < 1.29 is 37.3 Å². The predicted molar refractivity (Wildman–Crippen MR) is 288 cm³/mol. The van der Waals surface area contributed by atoms with Gasteiger partial charge in [0.25, 0.3) is 0 Å². The van der Waals surface area contributed by atoms with E-state index in [1.165, 1.54) is 38.5 Å². The molecule has 0 aromatic carbocycles. The summed E-state index contributed by atoms with van der Waals surface area (Å²) in [5.74, 6) is -0.336. The highest BCUT2D eigenvalue weighted by Gasteiger charge is 2.26. The lowest BCUT2D eigenvalue weighted by molar-refractivity contribution is -0.870. The molecule has 1 N–H and O–H groups in total. The van der Waals surface area contributed by atoms with Gasteiger partial charge in [0.2, 0.25) is 0 Å². The van der Waals surface area contributed by atoms with Gasteiger partial charge in [-0.1, -0.05) is 193 Å². The molecular formula is C58H99NO7P+. The summed E-state index contributed by atoms with van der Waals surface area (Å²) in [5.41, 5.74) is 0. The van der Waals surface area contributed by atoms with Crippen LogP contribution in [0.2, 0.25) is 0 Å². The maximum absolute atomic E-state index is 12.8. The minimum Gasteiger partial charge on any atom is -0.457 e. The van der Waals surface area contributed by atoms with Crippen molar-refractivity contribution in [2.75, 3.05) is 54.1 Å². The fourth-order valence-corrected chi connectivity index (χ4v) is 7.29. The van der Waals surface area contributed by atoms with Crippen LogP contribution in [0.4, 0.5) is 0 Å². The lowest BCUT2D eigenvalue weighted by atomic mass is 10.1. The molecule has 67 heavy (non-hydrogen) atoms. The van der Waals surface area contributed by atoms with Crippen molar-refractivity contribution in [1.29, 1.82) is 0 Å². The van der Waals surface area contributed by atoms with Gasteiger partial charge >= 0.3 is 13.8 Å². The Labute approximate surface area is 412 Å². The normalized spacial score (nSPS) is 14.5. The Balaban J connectivity index is 4.24. The second-order valence-corrected chi connectivity index (χ2v) is 19.6. The molecule has 0 fully saturated rings. The van der Waals surface area contributed by atoms with Crippen LogP contribution in [-0.4, -0.2) is 75.6 Å². The van der Waals surface area contributed by atoms with E-state index in [1.807, 2.05) is 21.1 Å². The number of likely N-dealkylation sites (N-methyl/N-ethyl adjacent to an activating group) is 1. The molecule has 0 amide bonds. The molecule has 0 saturated carbocycles. The van der Waals surface area contributed by atoms with Crippen LogP contribution in [0.15, 0.2) is 122 Å². The van der Waals surface area contributed by atoms with Crippen LogP contribution in [0, 0.1) is 0 Å².